The summed E-state index contributed by atoms with van der Waals surface area (Å²) in [6.07, 6.45) is 12.1. The van der Waals surface area contributed by atoms with E-state index in [1.807, 2.05) is 0 Å². The molecule has 0 radical (unpaired) electrons. The molecule has 0 amide bonds. The second-order valence-corrected chi connectivity index (χ2v) is 9.53. The highest BCUT2D eigenvalue weighted by Crippen LogP contribution is 1.98. The Balaban J connectivity index is 3.02. The van der Waals surface area contributed by atoms with E-state index in [2.05, 4.69) is 44.1 Å². The van der Waals surface area contributed by atoms with Gasteiger partial charge >= 0.3 is 5.97 Å². The molecule has 0 aliphatic rings. The summed E-state index contributed by atoms with van der Waals surface area (Å²) in [6.45, 7) is 16.9. The van der Waals surface area contributed by atoms with Gasteiger partial charge in [-0.3, -0.25) is 4.79 Å². The molecule has 0 atom stereocenters. The van der Waals surface area contributed by atoms with E-state index in [1.165, 1.54) is 51.5 Å². The Kier molecular flexibility index (Phi) is 31.5. The van der Waals surface area contributed by atoms with E-state index in [-0.39, 0.29) is 0 Å². The van der Waals surface area contributed by atoms with E-state index in [9.17, 15) is 4.79 Å². The maximum Gasteiger partial charge on any atom is 0.303 e. The van der Waals surface area contributed by atoms with Crippen molar-refractivity contribution in [3.63, 3.8) is 0 Å². The van der Waals surface area contributed by atoms with Crippen molar-refractivity contribution in [2.75, 3.05) is 91.6 Å². The van der Waals surface area contributed by atoms with Crippen molar-refractivity contribution in [3.8, 4) is 0 Å². The lowest BCUT2D eigenvalue weighted by atomic mass is 10.2. The van der Waals surface area contributed by atoms with Gasteiger partial charge in [-0.05, 0) is 77.8 Å². The van der Waals surface area contributed by atoms with Crippen LogP contribution in [0.15, 0.2) is 0 Å². The topological polar surface area (TPSA) is 122 Å². The molecule has 0 aromatic heterocycles. The molecule has 0 aromatic carbocycles. The summed E-state index contributed by atoms with van der Waals surface area (Å²) < 4.78 is 0. The molecule has 0 fully saturated rings. The van der Waals surface area contributed by atoms with Crippen LogP contribution in [0.4, 0.5) is 0 Å². The molecule has 8 N–H and O–H groups in total. The summed E-state index contributed by atoms with van der Waals surface area (Å²) in [4.78, 5) is 10.4. The minimum atomic E-state index is -0.692. The van der Waals surface area contributed by atoms with Gasteiger partial charge in [0.05, 0.1) is 0 Å². The Morgan fingerprint density at radius 2 is 0.694 bits per heavy atom. The zero-order valence-electron chi connectivity index (χ0n) is 23.5. The molecular weight excluding hydrogens is 454 g/mol. The van der Waals surface area contributed by atoms with Gasteiger partial charge in [0.2, 0.25) is 0 Å². The van der Waals surface area contributed by atoms with Gasteiger partial charge in [-0.25, -0.2) is 0 Å². The number of unbranched alkanes of at least 4 members (excludes halogenated alkanes) is 7. The highest BCUT2D eigenvalue weighted by atomic mass is 16.4. The van der Waals surface area contributed by atoms with Gasteiger partial charge in [0, 0.05) is 58.8 Å². The lowest BCUT2D eigenvalue weighted by molar-refractivity contribution is -0.137. The first-order valence-electron chi connectivity index (χ1n) is 14.9. The first kappa shape index (κ1) is 35.2. The van der Waals surface area contributed by atoms with E-state index < -0.39 is 5.97 Å². The van der Waals surface area contributed by atoms with E-state index in [4.69, 9.17) is 5.11 Å². The molecule has 0 aliphatic carbocycles. The highest BCUT2D eigenvalue weighted by molar-refractivity contribution is 5.66. The average Bonchev–Trinajstić information content (AvgIpc) is 2.87. The van der Waals surface area contributed by atoms with Gasteiger partial charge in [-0.1, -0.05) is 32.6 Å². The van der Waals surface area contributed by atoms with Crippen LogP contribution in [0, 0.1) is 0 Å². The number of carboxylic acids is 1. The molecule has 0 bridgehead atoms. The number of aliphatic carboxylic acids is 1. The predicted molar refractivity (Wildman–Crippen MR) is 154 cm³/mol. The van der Waals surface area contributed by atoms with Crippen LogP contribution in [-0.2, 0) is 4.79 Å². The SMILES string of the molecule is CCNCCCCCCNCCNCCNCCCCCNCCNCCNCCCCCC(=O)O. The second kappa shape index (κ2) is 32.2. The maximum absolute atomic E-state index is 10.4. The summed E-state index contributed by atoms with van der Waals surface area (Å²) in [5.74, 6) is -0.692. The molecule has 0 aromatic rings. The van der Waals surface area contributed by atoms with Crippen molar-refractivity contribution in [1.29, 1.82) is 0 Å². The maximum atomic E-state index is 10.4. The highest BCUT2D eigenvalue weighted by Gasteiger charge is 1.96. The Hall–Kier alpha value is -0.810. The summed E-state index contributed by atoms with van der Waals surface area (Å²) in [6, 6.07) is 0. The van der Waals surface area contributed by atoms with Crippen molar-refractivity contribution in [1.82, 2.24) is 37.2 Å². The van der Waals surface area contributed by atoms with E-state index in [0.29, 0.717) is 6.42 Å². The quantitative estimate of drug-likeness (QED) is 0.0630. The average molecular weight is 516 g/mol. The molecule has 36 heavy (non-hydrogen) atoms. The van der Waals surface area contributed by atoms with Crippen molar-refractivity contribution in [3.05, 3.63) is 0 Å². The van der Waals surface area contributed by atoms with Crippen LogP contribution in [0.1, 0.15) is 77.6 Å². The first-order valence-corrected chi connectivity index (χ1v) is 14.9. The van der Waals surface area contributed by atoms with Gasteiger partial charge in [0.25, 0.3) is 0 Å². The summed E-state index contributed by atoms with van der Waals surface area (Å²) in [7, 11) is 0. The Morgan fingerprint density at radius 3 is 1.03 bits per heavy atom. The fourth-order valence-electron chi connectivity index (χ4n) is 3.87. The fraction of sp³-hybridized carbons (Fsp3) is 0.963. The van der Waals surface area contributed by atoms with Gasteiger partial charge in [-0.2, -0.15) is 0 Å². The van der Waals surface area contributed by atoms with Crippen LogP contribution in [0.5, 0.6) is 0 Å². The molecule has 0 unspecified atom stereocenters. The number of hydrogen-bond acceptors (Lipinski definition) is 8. The monoisotopic (exact) mass is 515 g/mol. The smallest absolute Gasteiger partial charge is 0.303 e. The molecule has 0 rings (SSSR count). The third kappa shape index (κ3) is 33.2. The van der Waals surface area contributed by atoms with Crippen LogP contribution in [0.3, 0.4) is 0 Å². The number of nitrogens with one attached hydrogen (secondary N) is 7. The standard InChI is InChI=1S/C27H61N7O2/c1-2-28-14-8-3-4-9-15-29-19-23-33-25-21-31-17-11-6-12-18-32-22-26-34-24-20-30-16-10-5-7-13-27(35)36/h28-34H,2-26H2,1H3,(H,35,36). The lowest BCUT2D eigenvalue weighted by Gasteiger charge is -2.09. The molecule has 0 saturated heterocycles. The van der Waals surface area contributed by atoms with Crippen LogP contribution in [0.25, 0.3) is 0 Å². The predicted octanol–water partition coefficient (Wildman–Crippen LogP) is 1.51. The molecule has 0 saturated carbocycles. The van der Waals surface area contributed by atoms with Crippen molar-refractivity contribution < 1.29 is 9.90 Å². The van der Waals surface area contributed by atoms with Gasteiger partial charge in [0.15, 0.2) is 0 Å². The molecule has 216 valence electrons. The van der Waals surface area contributed by atoms with Gasteiger partial charge < -0.3 is 42.3 Å². The normalized spacial score (nSPS) is 11.4. The number of rotatable bonds is 32. The minimum Gasteiger partial charge on any atom is -0.481 e. The summed E-state index contributed by atoms with van der Waals surface area (Å²) in [5, 5.41) is 32.9. The van der Waals surface area contributed by atoms with Gasteiger partial charge in [-0.15, -0.1) is 0 Å². The first-order chi connectivity index (χ1) is 17.8. The Morgan fingerprint density at radius 1 is 0.417 bits per heavy atom. The lowest BCUT2D eigenvalue weighted by Crippen LogP contribution is -2.33. The van der Waals surface area contributed by atoms with Gasteiger partial charge in [0.1, 0.15) is 0 Å². The fourth-order valence-corrected chi connectivity index (χ4v) is 3.87. The van der Waals surface area contributed by atoms with Crippen LogP contribution >= 0.6 is 0 Å². The largest absolute Gasteiger partial charge is 0.481 e. The molecule has 0 aliphatic heterocycles. The van der Waals surface area contributed by atoms with Crippen molar-refractivity contribution in [2.24, 2.45) is 0 Å². The third-order valence-corrected chi connectivity index (χ3v) is 6.07. The number of carbonyl (C=O) groups is 1. The number of hydrogen-bond donors (Lipinski definition) is 8. The second-order valence-electron chi connectivity index (χ2n) is 9.53. The van der Waals surface area contributed by atoms with Crippen LogP contribution in [0.2, 0.25) is 0 Å². The molecule has 0 heterocycles. The minimum absolute atomic E-state index is 0.292. The molecular formula is C27H61N7O2. The Bertz CT molecular complexity index is 431. The summed E-state index contributed by atoms with van der Waals surface area (Å²) >= 11 is 0. The molecule has 9 nitrogen and oxygen atoms in total. The number of carboxylic acid groups (broad SMARTS) is 1. The Labute approximate surface area is 222 Å². The van der Waals surface area contributed by atoms with E-state index in [1.54, 1.807) is 0 Å². The zero-order valence-corrected chi connectivity index (χ0v) is 23.5. The van der Waals surface area contributed by atoms with Crippen LogP contribution in [-0.4, -0.2) is 103 Å². The zero-order chi connectivity index (χ0) is 26.2. The van der Waals surface area contributed by atoms with E-state index in [0.717, 1.165) is 104 Å². The summed E-state index contributed by atoms with van der Waals surface area (Å²) in [5.41, 5.74) is 0. The molecule has 9 heteroatoms. The third-order valence-electron chi connectivity index (χ3n) is 6.07. The van der Waals surface area contributed by atoms with E-state index >= 15 is 0 Å². The molecule has 0 spiro atoms. The van der Waals surface area contributed by atoms with Crippen LogP contribution < -0.4 is 37.2 Å². The van der Waals surface area contributed by atoms with Crippen molar-refractivity contribution >= 4 is 5.97 Å². The van der Waals surface area contributed by atoms with Crippen molar-refractivity contribution in [2.45, 2.75) is 77.6 Å².